The van der Waals surface area contributed by atoms with Gasteiger partial charge in [-0.2, -0.15) is 0 Å². The summed E-state index contributed by atoms with van der Waals surface area (Å²) in [6, 6.07) is 5.45. The fraction of sp³-hybridized carbons (Fsp3) is 0.538. The van der Waals surface area contributed by atoms with E-state index in [1.165, 1.54) is 0 Å². The molecule has 0 amide bonds. The molecule has 1 aromatic carbocycles. The van der Waals surface area contributed by atoms with Crippen molar-refractivity contribution in [2.24, 2.45) is 5.41 Å². The van der Waals surface area contributed by atoms with Crippen molar-refractivity contribution >= 4 is 17.3 Å². The summed E-state index contributed by atoms with van der Waals surface area (Å²) in [4.78, 5) is 0. The first-order valence-electron chi connectivity index (χ1n) is 5.50. The second-order valence-electron chi connectivity index (χ2n) is 5.21. The lowest BCUT2D eigenvalue weighted by Gasteiger charge is -2.17. The molecule has 2 nitrogen and oxygen atoms in total. The maximum Gasteiger partial charge on any atom is 0.0737 e. The Bertz CT molecular complexity index is 344. The van der Waals surface area contributed by atoms with E-state index < -0.39 is 0 Å². The lowest BCUT2D eigenvalue weighted by molar-refractivity contribution is 0.0966. The van der Waals surface area contributed by atoms with Crippen molar-refractivity contribution in [1.29, 1.82) is 0 Å². The second-order valence-corrected chi connectivity index (χ2v) is 5.64. The zero-order chi connectivity index (χ0) is 12.2. The first-order chi connectivity index (χ1) is 7.38. The number of benzene rings is 1. The number of halogens is 1. The smallest absolute Gasteiger partial charge is 0.0737 e. The molecule has 0 saturated carbocycles. The fourth-order valence-electron chi connectivity index (χ4n) is 1.26. The molecule has 90 valence electrons. The van der Waals surface area contributed by atoms with Crippen molar-refractivity contribution in [3.63, 3.8) is 0 Å². The topological polar surface area (TPSA) is 35.2 Å². The van der Waals surface area contributed by atoms with Crippen molar-refractivity contribution in [2.75, 3.05) is 12.3 Å². The summed E-state index contributed by atoms with van der Waals surface area (Å²) < 4.78 is 5.59. The maximum absolute atomic E-state index is 5.89. The van der Waals surface area contributed by atoms with E-state index in [1.54, 1.807) is 6.07 Å². The van der Waals surface area contributed by atoms with E-state index in [2.05, 4.69) is 20.8 Å². The van der Waals surface area contributed by atoms with Gasteiger partial charge in [0.2, 0.25) is 0 Å². The van der Waals surface area contributed by atoms with Crippen LogP contribution in [0, 0.1) is 5.41 Å². The third-order valence-corrected chi connectivity index (χ3v) is 2.59. The molecular weight excluding hydrogens is 222 g/mol. The van der Waals surface area contributed by atoms with Crippen LogP contribution in [0.25, 0.3) is 0 Å². The molecule has 3 heteroatoms. The van der Waals surface area contributed by atoms with E-state index in [4.69, 9.17) is 22.1 Å². The van der Waals surface area contributed by atoms with Gasteiger partial charge in [-0.1, -0.05) is 32.4 Å². The molecule has 0 atom stereocenters. The lowest BCUT2D eigenvalue weighted by atomic mass is 9.93. The molecule has 0 radical (unpaired) electrons. The SMILES string of the molecule is CC(C)(C)CCOCc1cc(Cl)ccc1N. The molecule has 0 saturated heterocycles. The van der Waals surface area contributed by atoms with Crippen LogP contribution in [0.5, 0.6) is 0 Å². The lowest BCUT2D eigenvalue weighted by Crippen LogP contribution is -2.09. The van der Waals surface area contributed by atoms with Crippen LogP contribution in [0.2, 0.25) is 5.02 Å². The average molecular weight is 242 g/mol. The Morgan fingerprint density at radius 1 is 1.31 bits per heavy atom. The molecule has 2 N–H and O–H groups in total. The maximum atomic E-state index is 5.89. The van der Waals surface area contributed by atoms with Crippen LogP contribution >= 0.6 is 11.6 Å². The Kier molecular flexibility index (Phi) is 4.63. The van der Waals surface area contributed by atoms with Crippen molar-refractivity contribution in [2.45, 2.75) is 33.8 Å². The Balaban J connectivity index is 2.40. The van der Waals surface area contributed by atoms with E-state index in [-0.39, 0.29) is 0 Å². The summed E-state index contributed by atoms with van der Waals surface area (Å²) in [7, 11) is 0. The zero-order valence-electron chi connectivity index (χ0n) is 10.2. The second kappa shape index (κ2) is 5.55. The molecular formula is C13H20ClNO. The number of nitrogen functional groups attached to an aromatic ring is 1. The number of nitrogens with two attached hydrogens (primary N) is 1. The highest BCUT2D eigenvalue weighted by atomic mass is 35.5. The first-order valence-corrected chi connectivity index (χ1v) is 5.88. The van der Waals surface area contributed by atoms with Gasteiger partial charge < -0.3 is 10.5 Å². The van der Waals surface area contributed by atoms with Gasteiger partial charge in [0, 0.05) is 22.9 Å². The van der Waals surface area contributed by atoms with Crippen molar-refractivity contribution in [3.8, 4) is 0 Å². The van der Waals surface area contributed by atoms with Gasteiger partial charge in [-0.05, 0) is 30.0 Å². The molecule has 0 aromatic heterocycles. The molecule has 0 fully saturated rings. The summed E-state index contributed by atoms with van der Waals surface area (Å²) in [6.45, 7) is 7.87. The molecule has 0 unspecified atom stereocenters. The van der Waals surface area contributed by atoms with E-state index in [1.807, 2.05) is 12.1 Å². The predicted molar refractivity (Wildman–Crippen MR) is 69.6 cm³/mol. The summed E-state index contributed by atoms with van der Waals surface area (Å²) >= 11 is 5.89. The van der Waals surface area contributed by atoms with Crippen LogP contribution in [0.3, 0.4) is 0 Å². The van der Waals surface area contributed by atoms with Crippen LogP contribution in [-0.4, -0.2) is 6.61 Å². The number of hydrogen-bond acceptors (Lipinski definition) is 2. The third kappa shape index (κ3) is 4.86. The predicted octanol–water partition coefficient (Wildman–Crippen LogP) is 3.88. The molecule has 1 rings (SSSR count). The Labute approximate surface area is 103 Å². The number of anilines is 1. The van der Waals surface area contributed by atoms with E-state index in [9.17, 15) is 0 Å². The van der Waals surface area contributed by atoms with Gasteiger partial charge in [-0.3, -0.25) is 0 Å². The summed E-state index contributed by atoms with van der Waals surface area (Å²) in [5.74, 6) is 0. The Morgan fingerprint density at radius 2 is 2.00 bits per heavy atom. The fourth-order valence-corrected chi connectivity index (χ4v) is 1.45. The highest BCUT2D eigenvalue weighted by molar-refractivity contribution is 6.30. The van der Waals surface area contributed by atoms with Crippen LogP contribution in [0.15, 0.2) is 18.2 Å². The largest absolute Gasteiger partial charge is 0.398 e. The minimum atomic E-state index is 0.305. The van der Waals surface area contributed by atoms with Crippen LogP contribution < -0.4 is 5.73 Å². The molecule has 0 aliphatic rings. The van der Waals surface area contributed by atoms with Crippen molar-refractivity contribution in [1.82, 2.24) is 0 Å². The molecule has 16 heavy (non-hydrogen) atoms. The Morgan fingerprint density at radius 3 is 2.62 bits per heavy atom. The molecule has 0 heterocycles. The third-order valence-electron chi connectivity index (χ3n) is 2.36. The standard InChI is InChI=1S/C13H20ClNO/c1-13(2,3)6-7-16-9-10-8-11(14)4-5-12(10)15/h4-5,8H,6-7,9,15H2,1-3H3. The zero-order valence-corrected chi connectivity index (χ0v) is 11.0. The first kappa shape index (κ1) is 13.3. The summed E-state index contributed by atoms with van der Waals surface area (Å²) in [6.07, 6.45) is 1.04. The van der Waals surface area contributed by atoms with Gasteiger partial charge >= 0.3 is 0 Å². The molecule has 0 spiro atoms. The van der Waals surface area contributed by atoms with Gasteiger partial charge in [-0.25, -0.2) is 0 Å². The normalized spacial score (nSPS) is 11.8. The summed E-state index contributed by atoms with van der Waals surface area (Å²) in [5.41, 5.74) is 7.82. The molecule has 1 aromatic rings. The van der Waals surface area contributed by atoms with Crippen LogP contribution in [-0.2, 0) is 11.3 Å². The van der Waals surface area contributed by atoms with Gasteiger partial charge in [0.1, 0.15) is 0 Å². The van der Waals surface area contributed by atoms with Crippen LogP contribution in [0.4, 0.5) is 5.69 Å². The average Bonchev–Trinajstić information content (AvgIpc) is 2.16. The van der Waals surface area contributed by atoms with E-state index >= 15 is 0 Å². The minimum Gasteiger partial charge on any atom is -0.398 e. The van der Waals surface area contributed by atoms with Gasteiger partial charge in [0.25, 0.3) is 0 Å². The highest BCUT2D eigenvalue weighted by Crippen LogP contribution is 2.21. The van der Waals surface area contributed by atoms with E-state index in [0.29, 0.717) is 17.0 Å². The molecule has 0 aliphatic carbocycles. The minimum absolute atomic E-state index is 0.305. The monoisotopic (exact) mass is 241 g/mol. The number of ether oxygens (including phenoxy) is 1. The number of hydrogen-bond donors (Lipinski definition) is 1. The van der Waals surface area contributed by atoms with E-state index in [0.717, 1.165) is 24.3 Å². The van der Waals surface area contributed by atoms with Gasteiger partial charge in [0.15, 0.2) is 0 Å². The van der Waals surface area contributed by atoms with Crippen molar-refractivity contribution in [3.05, 3.63) is 28.8 Å². The Hall–Kier alpha value is -0.730. The van der Waals surface area contributed by atoms with Crippen LogP contribution in [0.1, 0.15) is 32.8 Å². The molecule has 0 bridgehead atoms. The summed E-state index contributed by atoms with van der Waals surface area (Å²) in [5, 5.41) is 0.698. The van der Waals surface area contributed by atoms with Crippen molar-refractivity contribution < 1.29 is 4.74 Å². The number of rotatable bonds is 4. The van der Waals surface area contributed by atoms with Gasteiger partial charge in [0.05, 0.1) is 6.61 Å². The highest BCUT2D eigenvalue weighted by Gasteiger charge is 2.09. The molecule has 0 aliphatic heterocycles. The quantitative estimate of drug-likeness (QED) is 0.642. The van der Waals surface area contributed by atoms with Gasteiger partial charge in [-0.15, -0.1) is 0 Å².